The zero-order valence-electron chi connectivity index (χ0n) is 18.1. The predicted molar refractivity (Wildman–Crippen MR) is 134 cm³/mol. The number of thiocarbonyl (C=S) groups is 1. The fourth-order valence-corrected chi connectivity index (χ4v) is 4.86. The van der Waals surface area contributed by atoms with E-state index in [1.807, 2.05) is 0 Å². The molecule has 1 aromatic carbocycles. The van der Waals surface area contributed by atoms with Gasteiger partial charge in [0.05, 0.1) is 24.1 Å². The molecular formula is C20H20Cl2N6O3S2. The monoisotopic (exact) mass is 526 g/mol. The van der Waals surface area contributed by atoms with E-state index in [-0.39, 0.29) is 22.5 Å². The van der Waals surface area contributed by atoms with Gasteiger partial charge in [-0.1, -0.05) is 29.3 Å². The lowest BCUT2D eigenvalue weighted by Gasteiger charge is -2.09. The molecule has 2 aromatic heterocycles. The zero-order valence-corrected chi connectivity index (χ0v) is 21.2. The van der Waals surface area contributed by atoms with Crippen molar-refractivity contribution in [1.82, 2.24) is 19.7 Å². The van der Waals surface area contributed by atoms with Gasteiger partial charge >= 0.3 is 5.97 Å². The van der Waals surface area contributed by atoms with Crippen LogP contribution in [-0.4, -0.2) is 57.9 Å². The van der Waals surface area contributed by atoms with Crippen molar-refractivity contribution in [2.75, 3.05) is 31.8 Å². The van der Waals surface area contributed by atoms with E-state index >= 15 is 0 Å². The lowest BCUT2D eigenvalue weighted by molar-refractivity contribution is 0.0601. The predicted octanol–water partition coefficient (Wildman–Crippen LogP) is 4.30. The molecule has 174 valence electrons. The molecule has 0 atom stereocenters. The number of hydrogen-bond acceptors (Lipinski definition) is 7. The van der Waals surface area contributed by atoms with Gasteiger partial charge in [0.2, 0.25) is 5.95 Å². The number of esters is 1. The molecular weight excluding hydrogens is 507 g/mol. The van der Waals surface area contributed by atoms with Crippen molar-refractivity contribution in [3.05, 3.63) is 56.1 Å². The Morgan fingerprint density at radius 2 is 1.91 bits per heavy atom. The first-order valence-electron chi connectivity index (χ1n) is 9.46. The number of rotatable bonds is 6. The molecule has 33 heavy (non-hydrogen) atoms. The average Bonchev–Trinajstić information content (AvgIpc) is 3.33. The Balaban J connectivity index is 1.77. The molecule has 9 nitrogen and oxygen atoms in total. The summed E-state index contributed by atoms with van der Waals surface area (Å²) >= 11 is 18.9. The maximum Gasteiger partial charge on any atom is 0.341 e. The fourth-order valence-electron chi connectivity index (χ4n) is 2.87. The van der Waals surface area contributed by atoms with Gasteiger partial charge in [-0.05, 0) is 36.8 Å². The van der Waals surface area contributed by atoms with Crippen molar-refractivity contribution in [2.24, 2.45) is 0 Å². The molecule has 0 unspecified atom stereocenters. The number of carbonyl (C=O) groups excluding carboxylic acids is 2. The molecule has 0 radical (unpaired) electrons. The Morgan fingerprint density at radius 3 is 2.52 bits per heavy atom. The van der Waals surface area contributed by atoms with Gasteiger partial charge in [0.1, 0.15) is 11.3 Å². The molecule has 3 rings (SSSR count). The Kier molecular flexibility index (Phi) is 7.90. The number of thiophene rings is 1. The molecule has 0 aliphatic rings. The lowest BCUT2D eigenvalue weighted by atomic mass is 10.1. The molecule has 0 saturated carbocycles. The molecule has 0 spiro atoms. The summed E-state index contributed by atoms with van der Waals surface area (Å²) in [5, 5.41) is 11.7. The number of nitrogens with zero attached hydrogens (tertiary/aromatic N) is 4. The number of aromatic nitrogens is 3. The Hall–Kier alpha value is -2.73. The van der Waals surface area contributed by atoms with Crippen LogP contribution in [0.4, 0.5) is 10.9 Å². The van der Waals surface area contributed by atoms with Gasteiger partial charge in [0, 0.05) is 29.7 Å². The van der Waals surface area contributed by atoms with Gasteiger partial charge < -0.3 is 15.0 Å². The van der Waals surface area contributed by atoms with Crippen molar-refractivity contribution < 1.29 is 14.3 Å². The Labute approximate surface area is 209 Å². The van der Waals surface area contributed by atoms with Crippen LogP contribution >= 0.6 is 46.8 Å². The van der Waals surface area contributed by atoms with E-state index in [9.17, 15) is 9.59 Å². The van der Waals surface area contributed by atoms with Crippen molar-refractivity contribution in [1.29, 1.82) is 0 Å². The second kappa shape index (κ2) is 10.5. The molecule has 13 heteroatoms. The summed E-state index contributed by atoms with van der Waals surface area (Å²) in [5.41, 5.74) is 1.46. The van der Waals surface area contributed by atoms with Gasteiger partial charge in [-0.15, -0.1) is 16.4 Å². The summed E-state index contributed by atoms with van der Waals surface area (Å²) in [6.07, 6.45) is 1.51. The molecule has 3 aromatic rings. The van der Waals surface area contributed by atoms with Crippen molar-refractivity contribution in [3.63, 3.8) is 0 Å². The van der Waals surface area contributed by atoms with Crippen LogP contribution in [0.5, 0.6) is 0 Å². The van der Waals surface area contributed by atoms with E-state index in [0.717, 1.165) is 11.3 Å². The third kappa shape index (κ3) is 5.61. The summed E-state index contributed by atoms with van der Waals surface area (Å²) in [6.45, 7) is 2.00. The minimum absolute atomic E-state index is 0.138. The first-order chi connectivity index (χ1) is 15.6. The fraction of sp³-hybridized carbons (Fsp3) is 0.250. The highest BCUT2D eigenvalue weighted by Gasteiger charge is 2.26. The SMILES string of the molecule is COC(=O)c1c(NC(=S)Nc2ncn(Cc3c(Cl)cccc3Cl)n2)sc(C(=O)N(C)C)c1C. The minimum Gasteiger partial charge on any atom is -0.465 e. The standard InChI is InChI=1S/C20H20Cl2N6O3S2/c1-10-14(18(30)31-4)16(33-15(10)17(29)27(2)3)24-20(32)25-19-23-9-28(26-19)8-11-12(21)6-5-7-13(11)22/h5-7,9H,8H2,1-4H3,(H2,24,25,26,32). The smallest absolute Gasteiger partial charge is 0.341 e. The van der Waals surface area contributed by atoms with Gasteiger partial charge in [0.25, 0.3) is 5.91 Å². The first-order valence-corrected chi connectivity index (χ1v) is 11.4. The molecule has 0 saturated heterocycles. The summed E-state index contributed by atoms with van der Waals surface area (Å²) in [5.74, 6) is -0.577. The number of carbonyl (C=O) groups is 2. The lowest BCUT2D eigenvalue weighted by Crippen LogP contribution is -2.21. The van der Waals surface area contributed by atoms with E-state index in [1.165, 1.54) is 18.3 Å². The quantitative estimate of drug-likeness (QED) is 0.362. The molecule has 0 bridgehead atoms. The number of hydrogen-bond donors (Lipinski definition) is 2. The van der Waals surface area contributed by atoms with Gasteiger partial charge in [0.15, 0.2) is 5.11 Å². The normalized spacial score (nSPS) is 10.6. The highest BCUT2D eigenvalue weighted by atomic mass is 35.5. The molecule has 1 amide bonds. The van der Waals surface area contributed by atoms with Crippen LogP contribution in [0.3, 0.4) is 0 Å². The highest BCUT2D eigenvalue weighted by Crippen LogP contribution is 2.34. The molecule has 2 heterocycles. The van der Waals surface area contributed by atoms with Gasteiger partial charge in [-0.2, -0.15) is 0 Å². The first kappa shape index (κ1) is 24.9. The number of anilines is 2. The summed E-state index contributed by atoms with van der Waals surface area (Å²) in [6, 6.07) is 5.25. The summed E-state index contributed by atoms with van der Waals surface area (Å²) in [7, 11) is 4.54. The van der Waals surface area contributed by atoms with E-state index in [0.29, 0.717) is 37.6 Å². The van der Waals surface area contributed by atoms with Gasteiger partial charge in [-0.25, -0.2) is 14.5 Å². The molecule has 0 fully saturated rings. The zero-order chi connectivity index (χ0) is 24.3. The van der Waals surface area contributed by atoms with Crippen LogP contribution in [0.25, 0.3) is 0 Å². The van der Waals surface area contributed by atoms with Crippen molar-refractivity contribution >= 4 is 74.7 Å². The van der Waals surface area contributed by atoms with E-state index < -0.39 is 5.97 Å². The largest absolute Gasteiger partial charge is 0.465 e. The molecule has 2 N–H and O–H groups in total. The summed E-state index contributed by atoms with van der Waals surface area (Å²) < 4.78 is 6.44. The van der Waals surface area contributed by atoms with Crippen LogP contribution < -0.4 is 10.6 Å². The van der Waals surface area contributed by atoms with Crippen LogP contribution in [0.1, 0.15) is 31.2 Å². The van der Waals surface area contributed by atoms with Crippen LogP contribution in [0, 0.1) is 6.92 Å². The number of nitrogens with one attached hydrogen (secondary N) is 2. The number of benzene rings is 1. The van der Waals surface area contributed by atoms with Crippen LogP contribution in [0.2, 0.25) is 10.0 Å². The second-order valence-corrected chi connectivity index (χ2v) is 9.24. The number of ether oxygens (including phenoxy) is 1. The Bertz CT molecular complexity index is 1200. The van der Waals surface area contributed by atoms with Crippen molar-refractivity contribution in [3.8, 4) is 0 Å². The maximum absolute atomic E-state index is 12.5. The molecule has 0 aliphatic heterocycles. The number of methoxy groups -OCH3 is 1. The Morgan fingerprint density at radius 1 is 1.24 bits per heavy atom. The van der Waals surface area contributed by atoms with E-state index in [4.69, 9.17) is 40.2 Å². The topological polar surface area (TPSA) is 101 Å². The van der Waals surface area contributed by atoms with Crippen LogP contribution in [-0.2, 0) is 11.3 Å². The van der Waals surface area contributed by atoms with Crippen molar-refractivity contribution in [2.45, 2.75) is 13.5 Å². The second-order valence-electron chi connectivity index (χ2n) is 7.00. The average molecular weight is 527 g/mol. The van der Waals surface area contributed by atoms with Crippen LogP contribution in [0.15, 0.2) is 24.5 Å². The number of amides is 1. The maximum atomic E-state index is 12.5. The summed E-state index contributed by atoms with van der Waals surface area (Å²) in [4.78, 5) is 30.8. The third-order valence-corrected chi connectivity index (χ3v) is 6.61. The highest BCUT2D eigenvalue weighted by molar-refractivity contribution is 7.80. The number of halogens is 2. The minimum atomic E-state index is -0.578. The third-order valence-electron chi connectivity index (χ3n) is 4.51. The molecule has 0 aliphatic carbocycles. The van der Waals surface area contributed by atoms with Gasteiger partial charge in [-0.3, -0.25) is 10.1 Å². The van der Waals surface area contributed by atoms with E-state index in [1.54, 1.807) is 43.9 Å². The van der Waals surface area contributed by atoms with E-state index in [2.05, 4.69) is 20.7 Å².